The molecule has 0 aliphatic rings. The van der Waals surface area contributed by atoms with E-state index in [9.17, 15) is 9.59 Å². The summed E-state index contributed by atoms with van der Waals surface area (Å²) < 4.78 is 16.0. The first-order valence-corrected chi connectivity index (χ1v) is 20.8. The van der Waals surface area contributed by atoms with Crippen LogP contribution in [-0.2, 0) is 28.9 Å². The Bertz CT molecular complexity index is 2350. The number of rotatable bonds is 19. The third kappa shape index (κ3) is 9.35. The van der Waals surface area contributed by atoms with Crippen molar-refractivity contribution in [2.75, 3.05) is 39.4 Å². The molecule has 6 rings (SSSR count). The SMILES string of the molecule is BCCc1cc(C)nc2c(CC(=O)N(CC)CC)c(-c3ccc(OCCCCOc4ccc(-c5nn6c(C)cc(C)nc6c5CC(=O)N(CC)CC)cc4)cc3)nn12. The largest absolute Gasteiger partial charge is 0.494 e. The number of fused-ring (bicyclic) bond motifs is 2. The van der Waals surface area contributed by atoms with Gasteiger partial charge in [-0.1, -0.05) is 6.32 Å². The molecule has 58 heavy (non-hydrogen) atoms. The van der Waals surface area contributed by atoms with Gasteiger partial charge in [-0.2, -0.15) is 10.2 Å². The Kier molecular flexibility index (Phi) is 13.8. The smallest absolute Gasteiger partial charge is 0.227 e. The monoisotopic (exact) mass is 784 g/mol. The fraction of sp³-hybridized carbons (Fsp3) is 0.422. The van der Waals surface area contributed by atoms with Gasteiger partial charge >= 0.3 is 0 Å². The van der Waals surface area contributed by atoms with Crippen LogP contribution in [0, 0.1) is 20.8 Å². The zero-order valence-electron chi connectivity index (χ0n) is 35.5. The fourth-order valence-electron chi connectivity index (χ4n) is 7.53. The summed E-state index contributed by atoms with van der Waals surface area (Å²) in [6.07, 6.45) is 3.99. The molecule has 2 aromatic carbocycles. The van der Waals surface area contributed by atoms with Crippen molar-refractivity contribution in [1.82, 2.24) is 39.0 Å². The highest BCUT2D eigenvalue weighted by Crippen LogP contribution is 2.31. The molecule has 0 unspecified atom stereocenters. The third-order valence-electron chi connectivity index (χ3n) is 10.6. The predicted molar refractivity (Wildman–Crippen MR) is 232 cm³/mol. The number of aryl methyl sites for hydroxylation is 4. The third-order valence-corrected chi connectivity index (χ3v) is 10.6. The molecule has 0 saturated carbocycles. The molecule has 0 fully saturated rings. The molecule has 4 aromatic heterocycles. The van der Waals surface area contributed by atoms with Crippen LogP contribution in [0.1, 0.15) is 74.4 Å². The Labute approximate surface area is 343 Å². The molecule has 2 amide bonds. The molecule has 304 valence electrons. The number of hydrogen-bond donors (Lipinski definition) is 0. The van der Waals surface area contributed by atoms with Crippen LogP contribution in [0.25, 0.3) is 33.8 Å². The molecular formula is C45H57BN8O4. The molecule has 13 heteroatoms. The molecule has 6 aromatic rings. The number of unbranched alkanes of at least 4 members (excludes halogenated alkanes) is 1. The van der Waals surface area contributed by atoms with Gasteiger partial charge in [-0.25, -0.2) is 19.0 Å². The summed E-state index contributed by atoms with van der Waals surface area (Å²) in [6, 6.07) is 19.9. The van der Waals surface area contributed by atoms with Gasteiger partial charge in [0, 0.05) is 71.2 Å². The highest BCUT2D eigenvalue weighted by atomic mass is 16.5. The van der Waals surface area contributed by atoms with Gasteiger partial charge in [0.15, 0.2) is 11.3 Å². The van der Waals surface area contributed by atoms with E-state index in [1.54, 1.807) is 0 Å². The number of aromatic nitrogens is 6. The molecule has 0 N–H and O–H groups in total. The molecule has 0 aliphatic carbocycles. The van der Waals surface area contributed by atoms with Gasteiger partial charge in [0.05, 0.1) is 37.4 Å². The number of ether oxygens (including phenoxy) is 2. The zero-order chi connectivity index (χ0) is 41.3. The minimum Gasteiger partial charge on any atom is -0.494 e. The van der Waals surface area contributed by atoms with Crippen molar-refractivity contribution in [2.45, 2.75) is 86.9 Å². The van der Waals surface area contributed by atoms with Gasteiger partial charge in [-0.05, 0) is 128 Å². The Balaban J connectivity index is 1.06. The number of likely N-dealkylation sites (N-methyl/N-ethyl adjacent to an activating group) is 2. The lowest BCUT2D eigenvalue weighted by Crippen LogP contribution is -2.31. The number of hydrogen-bond acceptors (Lipinski definition) is 8. The predicted octanol–water partition coefficient (Wildman–Crippen LogP) is 6.68. The van der Waals surface area contributed by atoms with Gasteiger partial charge in [0.25, 0.3) is 0 Å². The summed E-state index contributed by atoms with van der Waals surface area (Å²) in [5.41, 5.74) is 10.4. The summed E-state index contributed by atoms with van der Waals surface area (Å²) in [7, 11) is 2.15. The Morgan fingerprint density at radius 3 is 1.52 bits per heavy atom. The number of carbonyl (C=O) groups excluding carboxylic acids is 2. The molecule has 0 radical (unpaired) electrons. The number of benzene rings is 2. The first-order valence-electron chi connectivity index (χ1n) is 20.8. The molecule has 0 spiro atoms. The van der Waals surface area contributed by atoms with Crippen LogP contribution in [0.2, 0.25) is 6.32 Å². The van der Waals surface area contributed by atoms with E-state index < -0.39 is 0 Å². The van der Waals surface area contributed by atoms with E-state index in [0.717, 1.165) is 105 Å². The lowest BCUT2D eigenvalue weighted by atomic mass is 10.00. The van der Waals surface area contributed by atoms with Crippen LogP contribution < -0.4 is 9.47 Å². The van der Waals surface area contributed by atoms with Crippen molar-refractivity contribution in [2.24, 2.45) is 0 Å². The Morgan fingerprint density at radius 1 is 0.638 bits per heavy atom. The van der Waals surface area contributed by atoms with Crippen molar-refractivity contribution in [3.63, 3.8) is 0 Å². The maximum absolute atomic E-state index is 13.3. The first-order chi connectivity index (χ1) is 28.1. The normalized spacial score (nSPS) is 11.4. The molecule has 4 heterocycles. The molecule has 0 aliphatic heterocycles. The maximum Gasteiger partial charge on any atom is 0.227 e. The number of carbonyl (C=O) groups is 2. The molecule has 0 bridgehead atoms. The Morgan fingerprint density at radius 2 is 1.07 bits per heavy atom. The minimum absolute atomic E-state index is 0.0640. The average Bonchev–Trinajstić information content (AvgIpc) is 3.76. The summed E-state index contributed by atoms with van der Waals surface area (Å²) in [5, 5.41) is 9.94. The molecule has 0 atom stereocenters. The van der Waals surface area contributed by atoms with Gasteiger partial charge in [0.2, 0.25) is 11.8 Å². The van der Waals surface area contributed by atoms with E-state index in [1.165, 1.54) is 0 Å². The summed E-state index contributed by atoms with van der Waals surface area (Å²) in [5.74, 6) is 1.68. The topological polar surface area (TPSA) is 119 Å². The zero-order valence-corrected chi connectivity index (χ0v) is 35.5. The highest BCUT2D eigenvalue weighted by Gasteiger charge is 2.24. The highest BCUT2D eigenvalue weighted by molar-refractivity contribution is 6.08. The van der Waals surface area contributed by atoms with E-state index in [4.69, 9.17) is 29.6 Å². The van der Waals surface area contributed by atoms with Crippen molar-refractivity contribution < 1.29 is 19.1 Å². The van der Waals surface area contributed by atoms with Gasteiger partial charge in [0.1, 0.15) is 19.3 Å². The molecule has 12 nitrogen and oxygen atoms in total. The van der Waals surface area contributed by atoms with Crippen molar-refractivity contribution in [3.05, 3.63) is 94.6 Å². The second-order valence-corrected chi connectivity index (χ2v) is 14.7. The average molecular weight is 785 g/mol. The van der Waals surface area contributed by atoms with Crippen LogP contribution in [0.4, 0.5) is 0 Å². The number of nitrogens with zero attached hydrogens (tertiary/aromatic N) is 8. The van der Waals surface area contributed by atoms with Crippen molar-refractivity contribution >= 4 is 31.0 Å². The summed E-state index contributed by atoms with van der Waals surface area (Å²) in [6.45, 7) is 17.7. The van der Waals surface area contributed by atoms with Crippen molar-refractivity contribution in [3.8, 4) is 34.0 Å². The van der Waals surface area contributed by atoms with E-state index in [0.29, 0.717) is 39.4 Å². The molecular weight excluding hydrogens is 727 g/mol. The van der Waals surface area contributed by atoms with Crippen LogP contribution in [0.3, 0.4) is 0 Å². The quantitative estimate of drug-likeness (QED) is 0.0659. The van der Waals surface area contributed by atoms with Crippen LogP contribution >= 0.6 is 0 Å². The lowest BCUT2D eigenvalue weighted by molar-refractivity contribution is -0.130. The van der Waals surface area contributed by atoms with Crippen LogP contribution in [0.5, 0.6) is 11.5 Å². The van der Waals surface area contributed by atoms with Crippen LogP contribution in [-0.4, -0.2) is 98.0 Å². The first kappa shape index (κ1) is 41.9. The molecule has 0 saturated heterocycles. The van der Waals surface area contributed by atoms with E-state index in [-0.39, 0.29) is 24.7 Å². The van der Waals surface area contributed by atoms with E-state index >= 15 is 0 Å². The maximum atomic E-state index is 13.3. The Hall–Kier alpha value is -5.72. The van der Waals surface area contributed by atoms with E-state index in [1.807, 2.05) is 122 Å². The second-order valence-electron chi connectivity index (χ2n) is 14.7. The van der Waals surface area contributed by atoms with Gasteiger partial charge < -0.3 is 19.3 Å². The number of amides is 2. The second kappa shape index (κ2) is 19.2. The summed E-state index contributed by atoms with van der Waals surface area (Å²) in [4.78, 5) is 39.9. The van der Waals surface area contributed by atoms with Gasteiger partial charge in [-0.3, -0.25) is 9.59 Å². The van der Waals surface area contributed by atoms with Crippen molar-refractivity contribution in [1.29, 1.82) is 0 Å². The summed E-state index contributed by atoms with van der Waals surface area (Å²) >= 11 is 0. The van der Waals surface area contributed by atoms with Gasteiger partial charge in [-0.15, -0.1) is 0 Å². The van der Waals surface area contributed by atoms with E-state index in [2.05, 4.69) is 13.9 Å². The standard InChI is InChI=1S/C45H57BN8O4/c1-8-51(9-2)40(55)28-38-42(49-53-32(7)26-30(5)47-44(38)53)33-14-18-36(19-15-33)57-24-12-13-25-58-37-20-16-34(17-21-37)43-39(29-41(56)52(10-3)11-4)45-48-31(6)27-35(22-23-46)54(45)50-43/h14-21,26-27H,8-13,22-25,28-29,46H2,1-7H3. The van der Waals surface area contributed by atoms with Crippen LogP contribution in [0.15, 0.2) is 60.7 Å². The fourth-order valence-corrected chi connectivity index (χ4v) is 7.53. The lowest BCUT2D eigenvalue weighted by Gasteiger charge is -2.18. The minimum atomic E-state index is 0.0640.